The highest BCUT2D eigenvalue weighted by molar-refractivity contribution is 5.51. The van der Waals surface area contributed by atoms with Crippen LogP contribution in [0.3, 0.4) is 0 Å². The summed E-state index contributed by atoms with van der Waals surface area (Å²) in [6.45, 7) is 0.801. The van der Waals surface area contributed by atoms with Crippen LogP contribution in [0.25, 0.3) is 0 Å². The average Bonchev–Trinajstić information content (AvgIpc) is 2.89. The van der Waals surface area contributed by atoms with E-state index < -0.39 is 11.7 Å². The number of alkyl halides is 3. The van der Waals surface area contributed by atoms with E-state index in [1.807, 2.05) is 11.9 Å². The third-order valence-electron chi connectivity index (χ3n) is 4.06. The Hall–Kier alpha value is -1.23. The molecule has 0 aromatic heterocycles. The lowest BCUT2D eigenvalue weighted by Crippen LogP contribution is -2.24. The molecule has 0 radical (unpaired) electrons. The second-order valence-electron chi connectivity index (χ2n) is 5.57. The fourth-order valence-corrected chi connectivity index (χ4v) is 2.95. The molecule has 0 saturated heterocycles. The van der Waals surface area contributed by atoms with Crippen molar-refractivity contribution in [3.05, 3.63) is 29.3 Å². The highest BCUT2D eigenvalue weighted by Crippen LogP contribution is 2.34. The van der Waals surface area contributed by atoms with E-state index in [9.17, 15) is 13.2 Å². The average molecular weight is 286 g/mol. The Kier molecular flexibility index (Phi) is 4.58. The molecule has 20 heavy (non-hydrogen) atoms. The van der Waals surface area contributed by atoms with Crippen molar-refractivity contribution in [1.82, 2.24) is 0 Å². The number of benzene rings is 1. The predicted molar refractivity (Wildman–Crippen MR) is 74.6 cm³/mol. The van der Waals surface area contributed by atoms with Crippen molar-refractivity contribution in [3.63, 3.8) is 0 Å². The first-order valence-corrected chi connectivity index (χ1v) is 7.03. The van der Waals surface area contributed by atoms with Gasteiger partial charge in [-0.05, 0) is 42.5 Å². The standard InChI is InChI=1S/C15H21F3N2/c1-20(10-11-4-2-3-5-11)13-6-7-14(15(16,17)18)12(8-13)9-19/h6-8,11H,2-5,9-10,19H2,1H3. The van der Waals surface area contributed by atoms with Crippen molar-refractivity contribution in [2.75, 3.05) is 18.5 Å². The zero-order chi connectivity index (χ0) is 14.8. The highest BCUT2D eigenvalue weighted by Gasteiger charge is 2.33. The van der Waals surface area contributed by atoms with Gasteiger partial charge in [-0.15, -0.1) is 0 Å². The SMILES string of the molecule is CN(CC1CCCC1)c1ccc(C(F)(F)F)c(CN)c1. The molecule has 1 aromatic carbocycles. The molecule has 0 unspecified atom stereocenters. The molecule has 0 spiro atoms. The van der Waals surface area contributed by atoms with Crippen molar-refractivity contribution >= 4 is 5.69 Å². The van der Waals surface area contributed by atoms with Gasteiger partial charge >= 0.3 is 6.18 Å². The van der Waals surface area contributed by atoms with Crippen LogP contribution in [0.4, 0.5) is 18.9 Å². The first-order valence-electron chi connectivity index (χ1n) is 7.03. The van der Waals surface area contributed by atoms with E-state index >= 15 is 0 Å². The number of nitrogens with zero attached hydrogens (tertiary/aromatic N) is 1. The van der Waals surface area contributed by atoms with E-state index in [-0.39, 0.29) is 12.1 Å². The summed E-state index contributed by atoms with van der Waals surface area (Å²) in [5, 5.41) is 0. The van der Waals surface area contributed by atoms with Crippen LogP contribution < -0.4 is 10.6 Å². The molecular formula is C15H21F3N2. The maximum absolute atomic E-state index is 12.8. The summed E-state index contributed by atoms with van der Waals surface area (Å²) in [5.41, 5.74) is 5.81. The van der Waals surface area contributed by atoms with Crippen LogP contribution >= 0.6 is 0 Å². The van der Waals surface area contributed by atoms with Crippen LogP contribution in [-0.4, -0.2) is 13.6 Å². The highest BCUT2D eigenvalue weighted by atomic mass is 19.4. The smallest absolute Gasteiger partial charge is 0.374 e. The molecule has 2 nitrogen and oxygen atoms in total. The van der Waals surface area contributed by atoms with E-state index in [0.717, 1.165) is 18.3 Å². The van der Waals surface area contributed by atoms with E-state index in [1.54, 1.807) is 6.07 Å². The minimum absolute atomic E-state index is 0.0973. The van der Waals surface area contributed by atoms with E-state index in [0.29, 0.717) is 5.92 Å². The molecule has 1 aromatic rings. The number of anilines is 1. The fourth-order valence-electron chi connectivity index (χ4n) is 2.95. The second kappa shape index (κ2) is 6.04. The van der Waals surface area contributed by atoms with Gasteiger partial charge < -0.3 is 10.6 Å². The molecule has 0 bridgehead atoms. The molecule has 112 valence electrons. The normalized spacial score (nSPS) is 16.6. The van der Waals surface area contributed by atoms with Gasteiger partial charge in [0.2, 0.25) is 0 Å². The molecule has 1 aliphatic carbocycles. The zero-order valence-electron chi connectivity index (χ0n) is 11.7. The molecule has 0 atom stereocenters. The Morgan fingerprint density at radius 2 is 1.90 bits per heavy atom. The Labute approximate surface area is 117 Å². The first-order chi connectivity index (χ1) is 9.41. The third kappa shape index (κ3) is 3.45. The summed E-state index contributed by atoms with van der Waals surface area (Å²) >= 11 is 0. The third-order valence-corrected chi connectivity index (χ3v) is 4.06. The first kappa shape index (κ1) is 15.2. The molecule has 2 rings (SSSR count). The molecular weight excluding hydrogens is 265 g/mol. The van der Waals surface area contributed by atoms with Gasteiger partial charge in [0.1, 0.15) is 0 Å². The van der Waals surface area contributed by atoms with Crippen LogP contribution in [0, 0.1) is 5.92 Å². The summed E-state index contributed by atoms with van der Waals surface area (Å²) in [6, 6.07) is 4.25. The van der Waals surface area contributed by atoms with Crippen LogP contribution in [0.5, 0.6) is 0 Å². The quantitative estimate of drug-likeness (QED) is 0.912. The zero-order valence-corrected chi connectivity index (χ0v) is 11.7. The van der Waals surface area contributed by atoms with Crippen LogP contribution in [-0.2, 0) is 12.7 Å². The molecule has 1 aliphatic rings. The fraction of sp³-hybridized carbons (Fsp3) is 0.600. The summed E-state index contributed by atoms with van der Waals surface area (Å²) in [6.07, 6.45) is 0.625. The minimum Gasteiger partial charge on any atom is -0.374 e. The van der Waals surface area contributed by atoms with Crippen molar-refractivity contribution in [1.29, 1.82) is 0 Å². The van der Waals surface area contributed by atoms with Crippen LogP contribution in [0.1, 0.15) is 36.8 Å². The summed E-state index contributed by atoms with van der Waals surface area (Å²) in [5.74, 6) is 0.656. The van der Waals surface area contributed by atoms with E-state index in [2.05, 4.69) is 0 Å². The van der Waals surface area contributed by atoms with Crippen molar-refractivity contribution < 1.29 is 13.2 Å². The van der Waals surface area contributed by atoms with Gasteiger partial charge in [0.15, 0.2) is 0 Å². The lowest BCUT2D eigenvalue weighted by molar-refractivity contribution is -0.138. The van der Waals surface area contributed by atoms with Gasteiger partial charge in [0.25, 0.3) is 0 Å². The second-order valence-corrected chi connectivity index (χ2v) is 5.57. The largest absolute Gasteiger partial charge is 0.416 e. The topological polar surface area (TPSA) is 29.3 Å². The monoisotopic (exact) mass is 286 g/mol. The van der Waals surface area contributed by atoms with Gasteiger partial charge in [-0.1, -0.05) is 12.8 Å². The van der Waals surface area contributed by atoms with E-state index in [1.165, 1.54) is 31.7 Å². The van der Waals surface area contributed by atoms with Crippen molar-refractivity contribution in [2.45, 2.75) is 38.4 Å². The van der Waals surface area contributed by atoms with Gasteiger partial charge in [-0.3, -0.25) is 0 Å². The van der Waals surface area contributed by atoms with Crippen LogP contribution in [0.2, 0.25) is 0 Å². The number of nitrogens with two attached hydrogens (primary N) is 1. The molecule has 5 heteroatoms. The number of hydrogen-bond acceptors (Lipinski definition) is 2. The molecule has 2 N–H and O–H groups in total. The molecule has 0 amide bonds. The lowest BCUT2D eigenvalue weighted by atomic mass is 10.0. The maximum Gasteiger partial charge on any atom is 0.416 e. The van der Waals surface area contributed by atoms with Gasteiger partial charge in [0.05, 0.1) is 5.56 Å². The molecule has 1 fully saturated rings. The minimum atomic E-state index is -4.34. The predicted octanol–water partition coefficient (Wildman–Crippen LogP) is 3.79. The molecule has 0 aliphatic heterocycles. The maximum atomic E-state index is 12.8. The Balaban J connectivity index is 2.16. The summed E-state index contributed by atoms with van der Waals surface area (Å²) in [4.78, 5) is 2.04. The van der Waals surface area contributed by atoms with E-state index in [4.69, 9.17) is 5.73 Å². The number of halogens is 3. The molecule has 1 saturated carbocycles. The Bertz CT molecular complexity index is 451. The Morgan fingerprint density at radius 1 is 1.25 bits per heavy atom. The van der Waals surface area contributed by atoms with Crippen LogP contribution in [0.15, 0.2) is 18.2 Å². The summed E-state index contributed by atoms with van der Waals surface area (Å²) in [7, 11) is 1.93. The van der Waals surface area contributed by atoms with Crippen molar-refractivity contribution in [3.8, 4) is 0 Å². The van der Waals surface area contributed by atoms with Gasteiger partial charge in [0, 0.05) is 25.8 Å². The van der Waals surface area contributed by atoms with Gasteiger partial charge in [-0.25, -0.2) is 0 Å². The van der Waals surface area contributed by atoms with Gasteiger partial charge in [-0.2, -0.15) is 13.2 Å². The van der Waals surface area contributed by atoms with Crippen molar-refractivity contribution in [2.24, 2.45) is 11.7 Å². The molecule has 0 heterocycles. The number of rotatable bonds is 4. The number of hydrogen-bond donors (Lipinski definition) is 1. The lowest BCUT2D eigenvalue weighted by Gasteiger charge is -2.24. The summed E-state index contributed by atoms with van der Waals surface area (Å²) < 4.78 is 38.5. The Morgan fingerprint density at radius 3 is 2.45 bits per heavy atom.